The molecule has 22 heavy (non-hydrogen) atoms. The first-order chi connectivity index (χ1) is 10.8. The van der Waals surface area contributed by atoms with Crippen LogP contribution >= 0.6 is 0 Å². The molecular formula is C20H28N2. The van der Waals surface area contributed by atoms with E-state index in [0.29, 0.717) is 0 Å². The van der Waals surface area contributed by atoms with Gasteiger partial charge < -0.3 is 9.80 Å². The maximum Gasteiger partial charge on any atom is 0.0446 e. The van der Waals surface area contributed by atoms with Gasteiger partial charge in [0, 0.05) is 48.7 Å². The number of hydrogen-bond acceptors (Lipinski definition) is 2. The molecule has 2 aromatic rings. The van der Waals surface area contributed by atoms with Crippen molar-refractivity contribution < 1.29 is 0 Å². The Morgan fingerprint density at radius 3 is 1.18 bits per heavy atom. The highest BCUT2D eigenvalue weighted by molar-refractivity contribution is 5.87. The standard InChI is InChI=1S/C20H28N2/c1-5-21(6-2)19-15-11-9-13-17(19)18-14-10-12-16-20(18)22(7-3)8-4/h9-16H,5-8H2,1-4H3. The minimum Gasteiger partial charge on any atom is -0.372 e. The first kappa shape index (κ1) is 16.4. The minimum atomic E-state index is 1.03. The van der Waals surface area contributed by atoms with Gasteiger partial charge in [0.2, 0.25) is 0 Å². The molecule has 0 aliphatic rings. The molecule has 0 bridgehead atoms. The third-order valence-corrected chi connectivity index (χ3v) is 4.31. The van der Waals surface area contributed by atoms with Crippen LogP contribution in [0.1, 0.15) is 27.7 Å². The number of benzene rings is 2. The second-order valence-electron chi connectivity index (χ2n) is 5.38. The zero-order chi connectivity index (χ0) is 15.9. The number of rotatable bonds is 7. The summed E-state index contributed by atoms with van der Waals surface area (Å²) in [6, 6.07) is 17.5. The average molecular weight is 296 g/mol. The third-order valence-electron chi connectivity index (χ3n) is 4.31. The number of hydrogen-bond donors (Lipinski definition) is 0. The van der Waals surface area contributed by atoms with Crippen LogP contribution in [0.5, 0.6) is 0 Å². The molecule has 2 heteroatoms. The van der Waals surface area contributed by atoms with E-state index in [4.69, 9.17) is 0 Å². The summed E-state index contributed by atoms with van der Waals surface area (Å²) < 4.78 is 0. The highest BCUT2D eigenvalue weighted by Crippen LogP contribution is 2.36. The molecule has 0 radical (unpaired) electrons. The molecule has 0 heterocycles. The Bertz CT molecular complexity index is 530. The fourth-order valence-electron chi connectivity index (χ4n) is 3.08. The van der Waals surface area contributed by atoms with Gasteiger partial charge in [-0.1, -0.05) is 36.4 Å². The molecule has 0 amide bonds. The van der Waals surface area contributed by atoms with Crippen LogP contribution in [0, 0.1) is 0 Å². The van der Waals surface area contributed by atoms with Gasteiger partial charge in [-0.25, -0.2) is 0 Å². The lowest BCUT2D eigenvalue weighted by Gasteiger charge is -2.28. The summed E-state index contributed by atoms with van der Waals surface area (Å²) >= 11 is 0. The Morgan fingerprint density at radius 1 is 0.545 bits per heavy atom. The van der Waals surface area contributed by atoms with Crippen LogP contribution in [0.4, 0.5) is 11.4 Å². The first-order valence-electron chi connectivity index (χ1n) is 8.45. The van der Waals surface area contributed by atoms with Crippen molar-refractivity contribution >= 4 is 11.4 Å². The Kier molecular flexibility index (Phi) is 5.88. The zero-order valence-electron chi connectivity index (χ0n) is 14.3. The molecule has 0 N–H and O–H groups in total. The lowest BCUT2D eigenvalue weighted by Crippen LogP contribution is -2.24. The molecule has 0 fully saturated rings. The maximum atomic E-state index is 2.42. The van der Waals surface area contributed by atoms with Gasteiger partial charge in [0.15, 0.2) is 0 Å². The van der Waals surface area contributed by atoms with Crippen molar-refractivity contribution in [3.8, 4) is 11.1 Å². The molecule has 0 aliphatic carbocycles. The maximum absolute atomic E-state index is 2.42. The van der Waals surface area contributed by atoms with Gasteiger partial charge >= 0.3 is 0 Å². The van der Waals surface area contributed by atoms with Gasteiger partial charge in [0.25, 0.3) is 0 Å². The smallest absolute Gasteiger partial charge is 0.0446 e. The molecule has 2 nitrogen and oxygen atoms in total. The zero-order valence-corrected chi connectivity index (χ0v) is 14.3. The molecular weight excluding hydrogens is 268 g/mol. The summed E-state index contributed by atoms with van der Waals surface area (Å²) in [5, 5.41) is 0. The lowest BCUT2D eigenvalue weighted by molar-refractivity contribution is 0.862. The van der Waals surface area contributed by atoms with E-state index in [2.05, 4.69) is 86.0 Å². The summed E-state index contributed by atoms with van der Waals surface area (Å²) in [7, 11) is 0. The van der Waals surface area contributed by atoms with Gasteiger partial charge in [-0.3, -0.25) is 0 Å². The van der Waals surface area contributed by atoms with Crippen molar-refractivity contribution in [2.24, 2.45) is 0 Å². The minimum absolute atomic E-state index is 1.03. The summed E-state index contributed by atoms with van der Waals surface area (Å²) in [6.45, 7) is 13.0. The number of anilines is 2. The molecule has 0 saturated carbocycles. The molecule has 0 aliphatic heterocycles. The number of para-hydroxylation sites is 2. The van der Waals surface area contributed by atoms with Gasteiger partial charge in [0.05, 0.1) is 0 Å². The normalized spacial score (nSPS) is 10.5. The predicted molar refractivity (Wildman–Crippen MR) is 99.0 cm³/mol. The van der Waals surface area contributed by atoms with E-state index in [1.807, 2.05) is 0 Å². The van der Waals surface area contributed by atoms with E-state index in [1.165, 1.54) is 22.5 Å². The Hall–Kier alpha value is -1.96. The third kappa shape index (κ3) is 3.27. The van der Waals surface area contributed by atoms with E-state index in [9.17, 15) is 0 Å². The van der Waals surface area contributed by atoms with E-state index in [1.54, 1.807) is 0 Å². The molecule has 2 rings (SSSR count). The second-order valence-corrected chi connectivity index (χ2v) is 5.38. The van der Waals surface area contributed by atoms with Crippen LogP contribution in [0.2, 0.25) is 0 Å². The molecule has 118 valence electrons. The molecule has 0 unspecified atom stereocenters. The fourth-order valence-corrected chi connectivity index (χ4v) is 3.08. The molecule has 0 aromatic heterocycles. The summed E-state index contributed by atoms with van der Waals surface area (Å²) in [6.07, 6.45) is 0. The van der Waals surface area contributed by atoms with Crippen molar-refractivity contribution in [1.29, 1.82) is 0 Å². The lowest BCUT2D eigenvalue weighted by atomic mass is 10.00. The van der Waals surface area contributed by atoms with Crippen LogP contribution in [0.25, 0.3) is 11.1 Å². The fraction of sp³-hybridized carbons (Fsp3) is 0.400. The van der Waals surface area contributed by atoms with Crippen molar-refractivity contribution in [3.05, 3.63) is 48.5 Å². The van der Waals surface area contributed by atoms with Crippen LogP contribution in [0.15, 0.2) is 48.5 Å². The van der Waals surface area contributed by atoms with Gasteiger partial charge in [0.1, 0.15) is 0 Å². The topological polar surface area (TPSA) is 6.48 Å². The van der Waals surface area contributed by atoms with Gasteiger partial charge in [-0.2, -0.15) is 0 Å². The van der Waals surface area contributed by atoms with Crippen molar-refractivity contribution in [2.75, 3.05) is 36.0 Å². The summed E-state index contributed by atoms with van der Waals surface area (Å²) in [5.41, 5.74) is 5.31. The summed E-state index contributed by atoms with van der Waals surface area (Å²) in [4.78, 5) is 4.85. The van der Waals surface area contributed by atoms with Crippen molar-refractivity contribution in [2.45, 2.75) is 27.7 Å². The predicted octanol–water partition coefficient (Wildman–Crippen LogP) is 5.05. The van der Waals surface area contributed by atoms with E-state index in [0.717, 1.165) is 26.2 Å². The van der Waals surface area contributed by atoms with Crippen LogP contribution < -0.4 is 9.80 Å². The van der Waals surface area contributed by atoms with Crippen LogP contribution in [0.3, 0.4) is 0 Å². The van der Waals surface area contributed by atoms with Crippen LogP contribution in [-0.2, 0) is 0 Å². The van der Waals surface area contributed by atoms with Gasteiger partial charge in [-0.15, -0.1) is 0 Å². The highest BCUT2D eigenvalue weighted by atomic mass is 15.1. The van der Waals surface area contributed by atoms with E-state index >= 15 is 0 Å². The van der Waals surface area contributed by atoms with Gasteiger partial charge in [-0.05, 0) is 39.8 Å². The van der Waals surface area contributed by atoms with Crippen LogP contribution in [-0.4, -0.2) is 26.2 Å². The Morgan fingerprint density at radius 2 is 0.864 bits per heavy atom. The van der Waals surface area contributed by atoms with E-state index < -0.39 is 0 Å². The first-order valence-corrected chi connectivity index (χ1v) is 8.45. The van der Waals surface area contributed by atoms with Crippen molar-refractivity contribution in [1.82, 2.24) is 0 Å². The molecule has 0 spiro atoms. The quantitative estimate of drug-likeness (QED) is 0.705. The molecule has 0 atom stereocenters. The highest BCUT2D eigenvalue weighted by Gasteiger charge is 2.14. The largest absolute Gasteiger partial charge is 0.372 e. The Labute approximate surface area is 135 Å². The Balaban J connectivity index is 2.58. The molecule has 0 saturated heterocycles. The van der Waals surface area contributed by atoms with E-state index in [-0.39, 0.29) is 0 Å². The monoisotopic (exact) mass is 296 g/mol. The number of nitrogens with zero attached hydrogens (tertiary/aromatic N) is 2. The second kappa shape index (κ2) is 7.88. The van der Waals surface area contributed by atoms with Crippen molar-refractivity contribution in [3.63, 3.8) is 0 Å². The average Bonchev–Trinajstić information content (AvgIpc) is 2.58. The molecule has 2 aromatic carbocycles. The SMILES string of the molecule is CCN(CC)c1ccccc1-c1ccccc1N(CC)CC. The summed E-state index contributed by atoms with van der Waals surface area (Å²) in [5.74, 6) is 0.